The Morgan fingerprint density at radius 3 is 2.63 bits per heavy atom. The Balaban J connectivity index is 1.70. The molecule has 0 saturated heterocycles. The van der Waals surface area contributed by atoms with Crippen molar-refractivity contribution in [1.29, 1.82) is 0 Å². The molecule has 0 aliphatic rings. The summed E-state index contributed by atoms with van der Waals surface area (Å²) in [5, 5.41) is 6.17. The number of anilines is 2. The molecule has 1 aromatic carbocycles. The number of H-pyrrole nitrogens is 1. The maximum atomic E-state index is 12.2. The topological polar surface area (TPSA) is 112 Å². The van der Waals surface area contributed by atoms with E-state index in [0.29, 0.717) is 30.4 Å². The number of aromatic nitrogens is 5. The maximum Gasteiger partial charge on any atom is 0.323 e. The highest BCUT2D eigenvalue weighted by Crippen LogP contribution is 2.30. The van der Waals surface area contributed by atoms with Gasteiger partial charge in [0.15, 0.2) is 5.82 Å². The van der Waals surface area contributed by atoms with Gasteiger partial charge in [-0.3, -0.25) is 10.3 Å². The van der Waals surface area contributed by atoms with Gasteiger partial charge in [0.05, 0.1) is 17.8 Å². The van der Waals surface area contributed by atoms with Gasteiger partial charge in [-0.25, -0.2) is 19.7 Å². The zero-order valence-corrected chi connectivity index (χ0v) is 16.8. The third kappa shape index (κ3) is 4.19. The number of carbonyl (C=O) groups excluding carboxylic acids is 1. The Labute approximate surface area is 173 Å². The smallest absolute Gasteiger partial charge is 0.323 e. The number of amides is 2. The zero-order chi connectivity index (χ0) is 20.9. The van der Waals surface area contributed by atoms with Crippen LogP contribution in [-0.2, 0) is 6.54 Å². The number of rotatable bonds is 6. The second kappa shape index (κ2) is 8.56. The van der Waals surface area contributed by atoms with E-state index >= 15 is 0 Å². The van der Waals surface area contributed by atoms with Crippen LogP contribution in [0.3, 0.4) is 0 Å². The van der Waals surface area contributed by atoms with Crippen LogP contribution in [0.15, 0.2) is 55.0 Å². The first-order valence-corrected chi connectivity index (χ1v) is 9.61. The van der Waals surface area contributed by atoms with Crippen molar-refractivity contribution < 1.29 is 4.79 Å². The number of fused-ring (bicyclic) bond motifs is 1. The molecule has 0 bridgehead atoms. The Morgan fingerprint density at radius 1 is 1.10 bits per heavy atom. The van der Waals surface area contributed by atoms with E-state index in [4.69, 9.17) is 0 Å². The lowest BCUT2D eigenvalue weighted by molar-refractivity contribution is 0.224. The van der Waals surface area contributed by atoms with E-state index in [0.717, 1.165) is 22.5 Å². The molecule has 0 aliphatic heterocycles. The Kier molecular flexibility index (Phi) is 5.51. The first kappa shape index (κ1) is 19.3. The van der Waals surface area contributed by atoms with E-state index < -0.39 is 0 Å². The van der Waals surface area contributed by atoms with E-state index in [-0.39, 0.29) is 6.03 Å². The molecule has 2 amide bonds. The second-order valence-electron chi connectivity index (χ2n) is 6.70. The predicted octanol–water partition coefficient (Wildman–Crippen LogP) is 3.51. The Morgan fingerprint density at radius 2 is 1.90 bits per heavy atom. The van der Waals surface area contributed by atoms with E-state index in [2.05, 4.69) is 35.6 Å². The second-order valence-corrected chi connectivity index (χ2v) is 6.70. The van der Waals surface area contributed by atoms with Crippen molar-refractivity contribution in [3.8, 4) is 11.4 Å². The molecule has 4 aromatic rings. The highest BCUT2D eigenvalue weighted by atomic mass is 16.2. The van der Waals surface area contributed by atoms with Crippen LogP contribution in [0.25, 0.3) is 22.4 Å². The van der Waals surface area contributed by atoms with Crippen LogP contribution in [0.1, 0.15) is 12.6 Å². The maximum absolute atomic E-state index is 12.2. The summed E-state index contributed by atoms with van der Waals surface area (Å²) in [7, 11) is 1.72. The summed E-state index contributed by atoms with van der Waals surface area (Å²) in [6.45, 7) is 3.07. The number of pyridine rings is 1. The van der Waals surface area contributed by atoms with Gasteiger partial charge in [-0.1, -0.05) is 6.07 Å². The van der Waals surface area contributed by atoms with Gasteiger partial charge in [-0.05, 0) is 37.3 Å². The molecule has 0 fully saturated rings. The lowest BCUT2D eigenvalue weighted by Gasteiger charge is -2.13. The average Bonchev–Trinajstić information content (AvgIpc) is 3.20. The molecule has 0 aliphatic carbocycles. The monoisotopic (exact) mass is 402 g/mol. The Bertz CT molecular complexity index is 1140. The number of nitrogens with one attached hydrogen (secondary N) is 3. The van der Waals surface area contributed by atoms with Crippen molar-refractivity contribution in [2.24, 2.45) is 0 Å². The van der Waals surface area contributed by atoms with E-state index in [9.17, 15) is 4.79 Å². The quantitative estimate of drug-likeness (QED) is 0.455. The van der Waals surface area contributed by atoms with E-state index in [1.165, 1.54) is 0 Å². The lowest BCUT2D eigenvalue weighted by Crippen LogP contribution is -2.31. The number of nitrogens with zero attached hydrogens (tertiary/aromatic N) is 5. The molecule has 0 spiro atoms. The molecule has 0 saturated carbocycles. The summed E-state index contributed by atoms with van der Waals surface area (Å²) in [6, 6.07) is 11.2. The van der Waals surface area contributed by atoms with Crippen molar-refractivity contribution in [3.63, 3.8) is 0 Å². The first-order chi connectivity index (χ1) is 14.6. The number of hydrogen-bond donors (Lipinski definition) is 3. The molecule has 3 N–H and O–H groups in total. The highest BCUT2D eigenvalue weighted by molar-refractivity contribution is 5.96. The summed E-state index contributed by atoms with van der Waals surface area (Å²) >= 11 is 0. The fourth-order valence-electron chi connectivity index (χ4n) is 2.92. The standard InChI is InChI=1S/C21H22N8O/c1-3-29(2)21(30)28-20-26-17-12-15(25-13-14-7-4-5-8-22-14)11-16(18(17)27-20)19-23-9-6-10-24-19/h4-12,25H,3,13H2,1-2H3,(H2,26,27,28,30). The van der Waals surface area contributed by atoms with E-state index in [1.807, 2.05) is 37.3 Å². The van der Waals surface area contributed by atoms with Crippen LogP contribution < -0.4 is 10.6 Å². The summed E-state index contributed by atoms with van der Waals surface area (Å²) in [5.41, 5.74) is 3.99. The van der Waals surface area contributed by atoms with Crippen molar-refractivity contribution in [1.82, 2.24) is 29.8 Å². The number of imidazole rings is 1. The third-order valence-corrected chi connectivity index (χ3v) is 4.64. The van der Waals surface area contributed by atoms with Gasteiger partial charge in [0.2, 0.25) is 5.95 Å². The summed E-state index contributed by atoms with van der Waals surface area (Å²) < 4.78 is 0. The highest BCUT2D eigenvalue weighted by Gasteiger charge is 2.15. The molecular weight excluding hydrogens is 380 g/mol. The summed E-state index contributed by atoms with van der Waals surface area (Å²) in [6.07, 6.45) is 5.14. The van der Waals surface area contributed by atoms with Crippen LogP contribution in [0.4, 0.5) is 16.4 Å². The molecule has 9 nitrogen and oxygen atoms in total. The molecule has 3 heterocycles. The summed E-state index contributed by atoms with van der Waals surface area (Å²) in [5.74, 6) is 0.924. The van der Waals surface area contributed by atoms with Gasteiger partial charge in [-0.2, -0.15) is 0 Å². The van der Waals surface area contributed by atoms with Crippen molar-refractivity contribution >= 4 is 28.7 Å². The number of aromatic amines is 1. The Hall–Kier alpha value is -4.01. The molecule has 0 atom stereocenters. The average molecular weight is 402 g/mol. The van der Waals surface area contributed by atoms with Gasteiger partial charge >= 0.3 is 6.03 Å². The molecule has 3 aromatic heterocycles. The lowest BCUT2D eigenvalue weighted by atomic mass is 10.1. The number of carbonyl (C=O) groups is 1. The molecule has 30 heavy (non-hydrogen) atoms. The molecule has 152 valence electrons. The SMILES string of the molecule is CCN(C)C(=O)Nc1nc2c(-c3ncccn3)cc(NCc3ccccn3)cc2[nH]1. The molecule has 4 rings (SSSR count). The van der Waals surface area contributed by atoms with Crippen LogP contribution in [0.2, 0.25) is 0 Å². The minimum absolute atomic E-state index is 0.234. The number of benzene rings is 1. The predicted molar refractivity (Wildman–Crippen MR) is 116 cm³/mol. The van der Waals surface area contributed by atoms with Gasteiger partial charge in [0, 0.05) is 43.4 Å². The third-order valence-electron chi connectivity index (χ3n) is 4.64. The molecular formula is C21H22N8O. The number of urea groups is 1. The fraction of sp³-hybridized carbons (Fsp3) is 0.190. The van der Waals surface area contributed by atoms with Crippen LogP contribution in [0.5, 0.6) is 0 Å². The van der Waals surface area contributed by atoms with Crippen LogP contribution >= 0.6 is 0 Å². The normalized spacial score (nSPS) is 10.7. The van der Waals surface area contributed by atoms with Crippen LogP contribution in [-0.4, -0.2) is 49.4 Å². The molecule has 0 radical (unpaired) electrons. The van der Waals surface area contributed by atoms with E-state index in [1.54, 1.807) is 36.6 Å². The molecule has 9 heteroatoms. The van der Waals surface area contributed by atoms with Gasteiger partial charge in [0.1, 0.15) is 5.52 Å². The van der Waals surface area contributed by atoms with Crippen molar-refractivity contribution in [2.45, 2.75) is 13.5 Å². The van der Waals surface area contributed by atoms with Gasteiger partial charge in [0.25, 0.3) is 0 Å². The number of hydrogen-bond acceptors (Lipinski definition) is 6. The van der Waals surface area contributed by atoms with Crippen molar-refractivity contribution in [2.75, 3.05) is 24.2 Å². The molecule has 0 unspecified atom stereocenters. The fourth-order valence-corrected chi connectivity index (χ4v) is 2.92. The van der Waals surface area contributed by atoms with Crippen LogP contribution in [0, 0.1) is 0 Å². The van der Waals surface area contributed by atoms with Gasteiger partial charge < -0.3 is 15.2 Å². The minimum Gasteiger partial charge on any atom is -0.379 e. The summed E-state index contributed by atoms with van der Waals surface area (Å²) in [4.78, 5) is 34.6. The zero-order valence-electron chi connectivity index (χ0n) is 16.8. The van der Waals surface area contributed by atoms with Gasteiger partial charge in [-0.15, -0.1) is 0 Å². The minimum atomic E-state index is -0.234. The largest absolute Gasteiger partial charge is 0.379 e. The van der Waals surface area contributed by atoms with Crippen molar-refractivity contribution in [3.05, 3.63) is 60.7 Å². The first-order valence-electron chi connectivity index (χ1n) is 9.61.